The topological polar surface area (TPSA) is 55.6 Å². The van der Waals surface area contributed by atoms with E-state index < -0.39 is 0 Å². The third-order valence-electron chi connectivity index (χ3n) is 2.32. The molecule has 0 saturated heterocycles. The van der Waals surface area contributed by atoms with Crippen LogP contribution in [0.1, 0.15) is 27.2 Å². The molecule has 0 radical (unpaired) electrons. The minimum atomic E-state index is -0.380. The molecular weight excluding hydrogens is 180 g/mol. The van der Waals surface area contributed by atoms with Gasteiger partial charge in [0, 0.05) is 13.7 Å². The molecule has 2 atom stereocenters. The molecule has 0 bridgehead atoms. The molecule has 0 aliphatic rings. The normalized spacial score (nSPS) is 14.9. The zero-order chi connectivity index (χ0) is 11.1. The van der Waals surface area contributed by atoms with E-state index in [0.29, 0.717) is 19.6 Å². The number of hydrogen-bond acceptors (Lipinski definition) is 3. The van der Waals surface area contributed by atoms with Crippen LogP contribution in [0.3, 0.4) is 0 Å². The average molecular weight is 202 g/mol. The Morgan fingerprint density at radius 2 is 2.07 bits per heavy atom. The first-order valence-electron chi connectivity index (χ1n) is 5.13. The minimum absolute atomic E-state index is 0.0135. The van der Waals surface area contributed by atoms with Gasteiger partial charge in [-0.25, -0.2) is 0 Å². The lowest BCUT2D eigenvalue weighted by Gasteiger charge is -2.29. The van der Waals surface area contributed by atoms with Crippen LogP contribution in [0, 0.1) is 0 Å². The van der Waals surface area contributed by atoms with E-state index in [9.17, 15) is 4.79 Å². The zero-order valence-electron chi connectivity index (χ0n) is 9.62. The van der Waals surface area contributed by atoms with Crippen molar-refractivity contribution in [3.63, 3.8) is 0 Å². The first kappa shape index (κ1) is 13.4. The molecule has 0 fully saturated rings. The number of methoxy groups -OCH3 is 1. The van der Waals surface area contributed by atoms with Gasteiger partial charge in [0.15, 0.2) is 0 Å². The Labute approximate surface area is 86.4 Å². The number of nitrogens with two attached hydrogens (primary N) is 1. The minimum Gasteiger partial charge on any atom is -0.383 e. The summed E-state index contributed by atoms with van der Waals surface area (Å²) in [6.45, 7) is 7.06. The van der Waals surface area contributed by atoms with Crippen molar-refractivity contribution in [3.8, 4) is 0 Å². The van der Waals surface area contributed by atoms with E-state index >= 15 is 0 Å². The maximum atomic E-state index is 11.8. The van der Waals surface area contributed by atoms with Crippen molar-refractivity contribution in [2.75, 3.05) is 20.3 Å². The van der Waals surface area contributed by atoms with Crippen molar-refractivity contribution in [2.45, 2.75) is 39.3 Å². The standard InChI is InChI=1S/C10H22N2O2/c1-5-9(11)10(13)12(6-2)8(3)7-14-4/h8-9H,5-7,11H2,1-4H3/t8?,9-/m1/s1. The molecule has 4 nitrogen and oxygen atoms in total. The fraction of sp³-hybridized carbons (Fsp3) is 0.900. The highest BCUT2D eigenvalue weighted by atomic mass is 16.5. The fourth-order valence-corrected chi connectivity index (χ4v) is 1.40. The van der Waals surface area contributed by atoms with Gasteiger partial charge in [-0.15, -0.1) is 0 Å². The van der Waals surface area contributed by atoms with Crippen molar-refractivity contribution >= 4 is 5.91 Å². The molecule has 1 amide bonds. The number of amides is 1. The highest BCUT2D eigenvalue weighted by Crippen LogP contribution is 2.03. The summed E-state index contributed by atoms with van der Waals surface area (Å²) in [5.74, 6) is 0.0135. The Morgan fingerprint density at radius 1 is 1.50 bits per heavy atom. The summed E-state index contributed by atoms with van der Waals surface area (Å²) in [5, 5.41) is 0. The molecule has 0 aliphatic heterocycles. The predicted octanol–water partition coefficient (Wildman–Crippen LogP) is 0.607. The molecule has 1 unspecified atom stereocenters. The molecule has 0 aromatic carbocycles. The summed E-state index contributed by atoms with van der Waals surface area (Å²) in [6.07, 6.45) is 0.676. The van der Waals surface area contributed by atoms with Crippen molar-refractivity contribution in [2.24, 2.45) is 5.73 Å². The Kier molecular flexibility index (Phi) is 6.49. The molecule has 14 heavy (non-hydrogen) atoms. The SMILES string of the molecule is CC[C@@H](N)C(=O)N(CC)C(C)COC. The largest absolute Gasteiger partial charge is 0.383 e. The van der Waals surface area contributed by atoms with Crippen molar-refractivity contribution in [1.29, 1.82) is 0 Å². The van der Waals surface area contributed by atoms with Gasteiger partial charge in [0.1, 0.15) is 0 Å². The highest BCUT2D eigenvalue weighted by Gasteiger charge is 2.22. The third-order valence-corrected chi connectivity index (χ3v) is 2.32. The number of nitrogens with zero attached hydrogens (tertiary/aromatic N) is 1. The second-order valence-electron chi connectivity index (χ2n) is 3.44. The molecule has 0 saturated carbocycles. The van der Waals surface area contributed by atoms with Crippen LogP contribution in [0.25, 0.3) is 0 Å². The van der Waals surface area contributed by atoms with Crippen LogP contribution in [0.5, 0.6) is 0 Å². The van der Waals surface area contributed by atoms with Crippen molar-refractivity contribution < 1.29 is 9.53 Å². The maximum Gasteiger partial charge on any atom is 0.239 e. The average Bonchev–Trinajstić information content (AvgIpc) is 2.18. The van der Waals surface area contributed by atoms with Gasteiger partial charge in [0.25, 0.3) is 0 Å². The van der Waals surface area contributed by atoms with E-state index in [1.807, 2.05) is 20.8 Å². The molecule has 0 aliphatic carbocycles. The number of rotatable bonds is 6. The molecule has 0 aromatic heterocycles. The lowest BCUT2D eigenvalue weighted by molar-refractivity contribution is -0.135. The molecule has 2 N–H and O–H groups in total. The second-order valence-corrected chi connectivity index (χ2v) is 3.44. The van der Waals surface area contributed by atoms with E-state index in [0.717, 1.165) is 0 Å². The van der Waals surface area contributed by atoms with Gasteiger partial charge < -0.3 is 15.4 Å². The van der Waals surface area contributed by atoms with Crippen LogP contribution in [0.15, 0.2) is 0 Å². The Balaban J connectivity index is 4.31. The van der Waals surface area contributed by atoms with Gasteiger partial charge in [-0.3, -0.25) is 4.79 Å². The van der Waals surface area contributed by atoms with E-state index in [2.05, 4.69) is 0 Å². The lowest BCUT2D eigenvalue weighted by atomic mass is 10.2. The first-order chi connectivity index (χ1) is 6.58. The van der Waals surface area contributed by atoms with Gasteiger partial charge in [0.2, 0.25) is 5.91 Å². The van der Waals surface area contributed by atoms with E-state index in [1.54, 1.807) is 12.0 Å². The monoisotopic (exact) mass is 202 g/mol. The summed E-state index contributed by atoms with van der Waals surface area (Å²) in [6, 6.07) is -0.288. The van der Waals surface area contributed by atoms with E-state index in [4.69, 9.17) is 10.5 Å². The Morgan fingerprint density at radius 3 is 2.43 bits per heavy atom. The smallest absolute Gasteiger partial charge is 0.239 e. The van der Waals surface area contributed by atoms with Crippen LogP contribution >= 0.6 is 0 Å². The molecule has 0 rings (SSSR count). The maximum absolute atomic E-state index is 11.8. The van der Waals surface area contributed by atoms with Crippen LogP contribution in [0.4, 0.5) is 0 Å². The van der Waals surface area contributed by atoms with Gasteiger partial charge in [0.05, 0.1) is 18.7 Å². The van der Waals surface area contributed by atoms with Crippen LogP contribution in [0.2, 0.25) is 0 Å². The van der Waals surface area contributed by atoms with Crippen LogP contribution in [-0.4, -0.2) is 43.2 Å². The molecule has 0 spiro atoms. The summed E-state index contributed by atoms with van der Waals surface area (Å²) >= 11 is 0. The van der Waals surface area contributed by atoms with E-state index in [-0.39, 0.29) is 18.0 Å². The van der Waals surface area contributed by atoms with Gasteiger partial charge in [-0.2, -0.15) is 0 Å². The number of likely N-dealkylation sites (N-methyl/N-ethyl adjacent to an activating group) is 1. The zero-order valence-corrected chi connectivity index (χ0v) is 9.62. The van der Waals surface area contributed by atoms with Crippen LogP contribution in [-0.2, 0) is 9.53 Å². The van der Waals surface area contributed by atoms with Gasteiger partial charge in [-0.05, 0) is 20.3 Å². The summed E-state index contributed by atoms with van der Waals surface area (Å²) in [4.78, 5) is 13.5. The van der Waals surface area contributed by atoms with Crippen molar-refractivity contribution in [1.82, 2.24) is 4.90 Å². The fourth-order valence-electron chi connectivity index (χ4n) is 1.40. The molecule has 4 heteroatoms. The molecular formula is C10H22N2O2. The predicted molar refractivity (Wildman–Crippen MR) is 57.0 cm³/mol. The Hall–Kier alpha value is -0.610. The van der Waals surface area contributed by atoms with Crippen molar-refractivity contribution in [3.05, 3.63) is 0 Å². The number of carbonyl (C=O) groups excluding carboxylic acids is 1. The van der Waals surface area contributed by atoms with Gasteiger partial charge in [-0.1, -0.05) is 6.92 Å². The number of carbonyl (C=O) groups is 1. The number of ether oxygens (including phenoxy) is 1. The highest BCUT2D eigenvalue weighted by molar-refractivity contribution is 5.81. The Bertz CT molecular complexity index is 174. The van der Waals surface area contributed by atoms with Gasteiger partial charge >= 0.3 is 0 Å². The summed E-state index contributed by atoms with van der Waals surface area (Å²) in [5.41, 5.74) is 5.69. The molecule has 0 aromatic rings. The number of hydrogen-bond donors (Lipinski definition) is 1. The summed E-state index contributed by atoms with van der Waals surface area (Å²) < 4.78 is 5.02. The van der Waals surface area contributed by atoms with Crippen LogP contribution < -0.4 is 5.73 Å². The molecule has 84 valence electrons. The quantitative estimate of drug-likeness (QED) is 0.686. The molecule has 0 heterocycles. The first-order valence-corrected chi connectivity index (χ1v) is 5.13. The lowest BCUT2D eigenvalue weighted by Crippen LogP contribution is -2.48. The summed E-state index contributed by atoms with van der Waals surface area (Å²) in [7, 11) is 1.63. The third kappa shape index (κ3) is 3.64. The second kappa shape index (κ2) is 6.79. The van der Waals surface area contributed by atoms with E-state index in [1.165, 1.54) is 0 Å².